The van der Waals surface area contributed by atoms with Crippen LogP contribution in [-0.2, 0) is 37.9 Å². The first kappa shape index (κ1) is 80.8. The van der Waals surface area contributed by atoms with Crippen LogP contribution in [0.2, 0.25) is 0 Å². The van der Waals surface area contributed by atoms with E-state index in [1.807, 2.05) is 0 Å². The summed E-state index contributed by atoms with van der Waals surface area (Å²) in [6.07, 6.45) is 65.6. The number of amides is 4. The Morgan fingerprint density at radius 3 is 0.663 bits per heavy atom. The van der Waals surface area contributed by atoms with Crippen LogP contribution in [0.15, 0.2) is 0 Å². The monoisotopic (exact) mass is 1200 g/mol. The summed E-state index contributed by atoms with van der Waals surface area (Å²) in [6, 6.07) is -2.53. The van der Waals surface area contributed by atoms with Crippen molar-refractivity contribution in [3.05, 3.63) is 0 Å². The summed E-state index contributed by atoms with van der Waals surface area (Å²) in [5, 5.41) is 11.3. The van der Waals surface area contributed by atoms with Gasteiger partial charge in [0, 0.05) is 25.9 Å². The minimum Gasteiger partial charge on any atom is -0.354 e. The molecule has 0 saturated carbocycles. The van der Waals surface area contributed by atoms with Gasteiger partial charge in [-0.15, -0.1) is 0 Å². The lowest BCUT2D eigenvalue weighted by Crippen LogP contribution is -2.51. The van der Waals surface area contributed by atoms with Crippen molar-refractivity contribution in [3.8, 4) is 0 Å². The van der Waals surface area contributed by atoms with Gasteiger partial charge in [0.2, 0.25) is 23.6 Å². The third-order valence-electron chi connectivity index (χ3n) is 16.7. The molecular weight excluding hydrogens is 1060 g/mol. The molecule has 0 aliphatic rings. The first-order chi connectivity index (χ1) is 40.6. The van der Waals surface area contributed by atoms with Gasteiger partial charge in [0.15, 0.2) is 0 Å². The van der Waals surface area contributed by atoms with Crippen molar-refractivity contribution in [1.82, 2.24) is 21.3 Å². The Hall–Kier alpha value is -2.25. The van der Waals surface area contributed by atoms with Gasteiger partial charge in [-0.05, 0) is 25.7 Å². The zero-order chi connectivity index (χ0) is 60.6. The number of carbonyl (C=O) groups excluding carboxylic acids is 4. The number of rotatable bonds is 68. The molecule has 0 aliphatic carbocycles. The number of hydrogen-bond acceptors (Lipinski definition) is 8. The van der Waals surface area contributed by atoms with Crippen LogP contribution in [0.25, 0.3) is 0 Å². The molecule has 83 heavy (non-hydrogen) atoms. The molecule has 0 unspecified atom stereocenters. The van der Waals surface area contributed by atoms with E-state index >= 15 is 0 Å². The first-order valence-corrected chi connectivity index (χ1v) is 37.6. The van der Waals surface area contributed by atoms with Gasteiger partial charge in [0.1, 0.15) is 12.1 Å². The van der Waals surface area contributed by atoms with Crippen molar-refractivity contribution in [1.29, 1.82) is 0 Å². The Balaban J connectivity index is 5.32. The van der Waals surface area contributed by atoms with Crippen LogP contribution in [0.5, 0.6) is 0 Å². The average Bonchev–Trinajstić information content (AvgIpc) is 3.54. The van der Waals surface area contributed by atoms with Gasteiger partial charge in [0.25, 0.3) is 0 Å². The quantitative estimate of drug-likeness (QED) is 0.0436. The molecule has 0 rings (SSSR count). The Kier molecular flexibility index (Phi) is 62.5. The summed E-state index contributed by atoms with van der Waals surface area (Å²) in [6.45, 7) is 8.48. The predicted molar refractivity (Wildman–Crippen MR) is 352 cm³/mol. The molecule has 12 nitrogen and oxygen atoms in total. The molecule has 0 aromatic carbocycles. The molecule has 0 spiro atoms. The van der Waals surface area contributed by atoms with Crippen molar-refractivity contribution >= 4 is 34.0 Å². The van der Waals surface area contributed by atoms with Crippen molar-refractivity contribution in [3.63, 3.8) is 0 Å². The third-order valence-corrected chi connectivity index (χ3v) is 17.6. The van der Waals surface area contributed by atoms with Crippen LogP contribution >= 0.6 is 0 Å². The molecular formula is C70H138N4O8S. The number of nitrogens with one attached hydrogen (secondary N) is 4. The summed E-state index contributed by atoms with van der Waals surface area (Å²) in [4.78, 5) is 53.6. The van der Waals surface area contributed by atoms with E-state index in [0.717, 1.165) is 89.9 Å². The summed E-state index contributed by atoms with van der Waals surface area (Å²) >= 11 is 0. The normalized spacial score (nSPS) is 12.4. The van der Waals surface area contributed by atoms with E-state index in [0.29, 0.717) is 25.9 Å². The van der Waals surface area contributed by atoms with E-state index in [-0.39, 0.29) is 24.7 Å². The van der Waals surface area contributed by atoms with Crippen LogP contribution in [0.4, 0.5) is 0 Å². The largest absolute Gasteiger partial charge is 0.400 e. The highest BCUT2D eigenvalue weighted by Gasteiger charge is 2.28. The number of hydrogen-bond donors (Lipinski definition) is 4. The van der Waals surface area contributed by atoms with Crippen molar-refractivity contribution in [2.45, 2.75) is 399 Å². The molecule has 2 atom stereocenters. The molecule has 0 aromatic rings. The van der Waals surface area contributed by atoms with Crippen LogP contribution < -0.4 is 21.3 Å². The summed E-state index contributed by atoms with van der Waals surface area (Å²) in [7, 11) is -4.76. The van der Waals surface area contributed by atoms with Crippen molar-refractivity contribution in [2.75, 3.05) is 26.3 Å². The van der Waals surface area contributed by atoms with E-state index in [4.69, 9.17) is 8.37 Å². The molecule has 0 saturated heterocycles. The molecule has 0 aromatic heterocycles. The van der Waals surface area contributed by atoms with Crippen LogP contribution in [0, 0.1) is 0 Å². The van der Waals surface area contributed by atoms with Crippen molar-refractivity contribution in [2.24, 2.45) is 0 Å². The molecule has 0 heterocycles. The number of carbonyl (C=O) groups is 4. The predicted octanol–water partition coefficient (Wildman–Crippen LogP) is 19.4. The van der Waals surface area contributed by atoms with Crippen molar-refractivity contribution < 1.29 is 36.0 Å². The maximum absolute atomic E-state index is 13.6. The molecule has 0 aliphatic heterocycles. The standard InChI is InChI=1S/C70H138N4O8S/c1-5-9-13-17-21-25-29-33-35-37-39-43-47-51-55-59-67(75)73-65(69(77)71-61-57-53-49-45-41-31-27-23-19-15-11-7-3)63-81-83(79,80)82-64-66(70(78)72-62-58-54-50-46-42-32-28-24-20-16-12-8-4)74-68(76)60-56-52-48-44-40-38-36-34-30-26-22-18-14-10-6-2/h65-66H,5-64H2,1-4H3,(H,71,77)(H,72,78)(H,73,75)(H,74,76)/t65-,66-/m0/s1. The fraction of sp³-hybridized carbons (Fsp3) is 0.943. The maximum atomic E-state index is 13.6. The zero-order valence-corrected chi connectivity index (χ0v) is 56.1. The molecule has 4 N–H and O–H groups in total. The zero-order valence-electron chi connectivity index (χ0n) is 55.3. The lowest BCUT2D eigenvalue weighted by Gasteiger charge is -2.20. The second-order valence-electron chi connectivity index (χ2n) is 25.0. The second-order valence-corrected chi connectivity index (χ2v) is 26.3. The Morgan fingerprint density at radius 2 is 0.458 bits per heavy atom. The van der Waals surface area contributed by atoms with E-state index in [1.54, 1.807) is 0 Å². The van der Waals surface area contributed by atoms with Gasteiger partial charge in [0.05, 0.1) is 13.2 Å². The summed E-state index contributed by atoms with van der Waals surface area (Å²) in [5.41, 5.74) is 0. The third kappa shape index (κ3) is 59.8. The van der Waals surface area contributed by atoms with Gasteiger partial charge in [-0.3, -0.25) is 19.2 Å². The Bertz CT molecular complexity index is 1430. The minimum atomic E-state index is -4.76. The van der Waals surface area contributed by atoms with E-state index in [9.17, 15) is 27.6 Å². The van der Waals surface area contributed by atoms with Crippen LogP contribution in [0.3, 0.4) is 0 Å². The number of unbranched alkanes of at least 4 members (excludes halogenated alkanes) is 50. The maximum Gasteiger partial charge on any atom is 0.400 e. The summed E-state index contributed by atoms with van der Waals surface area (Å²) < 4.78 is 37.2. The molecule has 4 amide bonds. The summed E-state index contributed by atoms with van der Waals surface area (Å²) in [5.74, 6) is -1.72. The highest BCUT2D eigenvalue weighted by molar-refractivity contribution is 7.81. The van der Waals surface area contributed by atoms with Gasteiger partial charge >= 0.3 is 10.4 Å². The van der Waals surface area contributed by atoms with Gasteiger partial charge in [-0.2, -0.15) is 8.42 Å². The molecule has 0 radical (unpaired) electrons. The fourth-order valence-electron chi connectivity index (χ4n) is 11.2. The Morgan fingerprint density at radius 1 is 0.277 bits per heavy atom. The fourth-order valence-corrected chi connectivity index (χ4v) is 11.8. The second kappa shape index (κ2) is 64.2. The van der Waals surface area contributed by atoms with Gasteiger partial charge in [-0.1, -0.05) is 349 Å². The van der Waals surface area contributed by atoms with Crippen LogP contribution in [-0.4, -0.2) is 70.4 Å². The van der Waals surface area contributed by atoms with Gasteiger partial charge < -0.3 is 21.3 Å². The highest BCUT2D eigenvalue weighted by atomic mass is 32.3. The van der Waals surface area contributed by atoms with Gasteiger partial charge in [-0.25, -0.2) is 8.37 Å². The smallest absolute Gasteiger partial charge is 0.354 e. The molecule has 0 fully saturated rings. The molecule has 0 bridgehead atoms. The minimum absolute atomic E-state index is 0.221. The molecule has 492 valence electrons. The SMILES string of the molecule is CCCCCCCCCCCCCCCCCC(=O)N[C@@H](COS(=O)(=O)OC[C@H](NC(=O)CCCCCCCCCCCCCCCCC)C(=O)NCCCCCCCCCCCCCC)C(=O)NCCCCCCCCCCCCCC. The van der Waals surface area contributed by atoms with E-state index in [1.165, 1.54) is 244 Å². The lowest BCUT2D eigenvalue weighted by atomic mass is 10.0. The molecule has 13 heteroatoms. The lowest BCUT2D eigenvalue weighted by molar-refractivity contribution is -0.130. The Labute approximate surface area is 514 Å². The first-order valence-electron chi connectivity index (χ1n) is 36.3. The topological polar surface area (TPSA) is 169 Å². The van der Waals surface area contributed by atoms with E-state index < -0.39 is 47.5 Å². The highest BCUT2D eigenvalue weighted by Crippen LogP contribution is 2.18. The van der Waals surface area contributed by atoms with Crippen LogP contribution in [0.1, 0.15) is 387 Å². The average molecular weight is 1200 g/mol. The van der Waals surface area contributed by atoms with E-state index in [2.05, 4.69) is 49.0 Å².